The number of rotatable bonds is 4. The van der Waals surface area contributed by atoms with Gasteiger partial charge in [-0.25, -0.2) is 4.79 Å². The van der Waals surface area contributed by atoms with Crippen LogP contribution in [-0.2, 0) is 17.6 Å². The molecular weight excluding hydrogens is 380 g/mol. The Morgan fingerprint density at radius 3 is 2.93 bits per heavy atom. The summed E-state index contributed by atoms with van der Waals surface area (Å²) in [6, 6.07) is 9.47. The molecule has 0 radical (unpaired) electrons. The van der Waals surface area contributed by atoms with Crippen LogP contribution in [0.25, 0.3) is 11.0 Å². The summed E-state index contributed by atoms with van der Waals surface area (Å²) in [5, 5.41) is 0.966. The van der Waals surface area contributed by atoms with Gasteiger partial charge in [0.2, 0.25) is 0 Å². The Labute approximate surface area is 174 Å². The molecule has 0 saturated carbocycles. The van der Waals surface area contributed by atoms with Crippen LogP contribution in [0, 0.1) is 0 Å². The normalized spacial score (nSPS) is 18.4. The number of likely N-dealkylation sites (tertiary alicyclic amines) is 1. The summed E-state index contributed by atoms with van der Waals surface area (Å²) in [4.78, 5) is 31.2. The third kappa shape index (κ3) is 3.47. The minimum atomic E-state index is -0.254. The van der Waals surface area contributed by atoms with Crippen molar-refractivity contribution in [2.45, 2.75) is 44.6 Å². The van der Waals surface area contributed by atoms with Crippen LogP contribution in [0.2, 0.25) is 0 Å². The van der Waals surface area contributed by atoms with Gasteiger partial charge in [0.05, 0.1) is 6.04 Å². The maximum Gasteiger partial charge on any atom is 0.339 e. The van der Waals surface area contributed by atoms with E-state index in [2.05, 4.69) is 4.98 Å². The number of piperidine rings is 1. The molecule has 1 aromatic carbocycles. The van der Waals surface area contributed by atoms with Gasteiger partial charge in [-0.1, -0.05) is 6.07 Å². The molecule has 2 aliphatic rings. The number of benzene rings is 1. The molecule has 1 aliphatic carbocycles. The summed E-state index contributed by atoms with van der Waals surface area (Å²) in [5.74, 6) is 0.492. The van der Waals surface area contributed by atoms with Crippen LogP contribution in [0.4, 0.5) is 0 Å². The number of pyridine rings is 1. The van der Waals surface area contributed by atoms with Gasteiger partial charge in [-0.2, -0.15) is 0 Å². The zero-order valence-corrected chi connectivity index (χ0v) is 16.8. The second-order valence-corrected chi connectivity index (χ2v) is 8.03. The van der Waals surface area contributed by atoms with Gasteiger partial charge in [-0.05, 0) is 67.9 Å². The highest BCUT2D eigenvalue weighted by molar-refractivity contribution is 5.83. The Kier molecular flexibility index (Phi) is 4.99. The highest BCUT2D eigenvalue weighted by Gasteiger charge is 2.28. The smallest absolute Gasteiger partial charge is 0.339 e. The van der Waals surface area contributed by atoms with Gasteiger partial charge < -0.3 is 14.1 Å². The van der Waals surface area contributed by atoms with Crippen molar-refractivity contribution in [2.24, 2.45) is 0 Å². The first-order valence-electron chi connectivity index (χ1n) is 10.6. The Morgan fingerprint density at radius 2 is 2.07 bits per heavy atom. The quantitative estimate of drug-likeness (QED) is 0.619. The molecule has 0 N–H and O–H groups in total. The fourth-order valence-corrected chi connectivity index (χ4v) is 4.73. The summed E-state index contributed by atoms with van der Waals surface area (Å²) in [6.07, 6.45) is 9.28. The predicted octanol–water partition coefficient (Wildman–Crippen LogP) is 3.81. The molecule has 1 aliphatic heterocycles. The lowest BCUT2D eigenvalue weighted by molar-refractivity contribution is -0.137. The van der Waals surface area contributed by atoms with Gasteiger partial charge in [0, 0.05) is 36.0 Å². The van der Waals surface area contributed by atoms with Gasteiger partial charge in [-0.3, -0.25) is 9.78 Å². The molecule has 2 aromatic heterocycles. The number of amides is 1. The number of hydrogen-bond acceptors (Lipinski definition) is 5. The van der Waals surface area contributed by atoms with Crippen molar-refractivity contribution in [1.82, 2.24) is 9.88 Å². The predicted molar refractivity (Wildman–Crippen MR) is 113 cm³/mol. The number of carbonyl (C=O) groups excluding carboxylic acids is 1. The highest BCUT2D eigenvalue weighted by Crippen LogP contribution is 2.32. The zero-order chi connectivity index (χ0) is 20.5. The summed E-state index contributed by atoms with van der Waals surface area (Å²) in [7, 11) is 0. The van der Waals surface area contributed by atoms with E-state index in [1.54, 1.807) is 12.3 Å². The van der Waals surface area contributed by atoms with E-state index in [0.717, 1.165) is 67.1 Å². The number of fused-ring (bicyclic) bond motifs is 3. The third-order valence-corrected chi connectivity index (χ3v) is 6.20. The fraction of sp³-hybridized carbons (Fsp3) is 0.375. The number of aromatic nitrogens is 1. The second-order valence-electron chi connectivity index (χ2n) is 8.03. The fourth-order valence-electron chi connectivity index (χ4n) is 4.73. The first-order valence-corrected chi connectivity index (χ1v) is 10.6. The number of ether oxygens (including phenoxy) is 1. The molecule has 5 rings (SSSR count). The minimum absolute atomic E-state index is 0.0424. The van der Waals surface area contributed by atoms with Crippen molar-refractivity contribution >= 4 is 16.9 Å². The molecule has 1 amide bonds. The maximum absolute atomic E-state index is 12.9. The molecule has 6 heteroatoms. The van der Waals surface area contributed by atoms with E-state index in [0.29, 0.717) is 11.3 Å². The number of aryl methyl sites for hydroxylation is 1. The average Bonchev–Trinajstić information content (AvgIpc) is 3.29. The lowest BCUT2D eigenvalue weighted by Gasteiger charge is -2.35. The Morgan fingerprint density at radius 1 is 1.17 bits per heavy atom. The van der Waals surface area contributed by atoms with E-state index in [-0.39, 0.29) is 24.2 Å². The first kappa shape index (κ1) is 18.9. The molecule has 3 aromatic rings. The van der Waals surface area contributed by atoms with E-state index in [1.807, 2.05) is 35.4 Å². The van der Waals surface area contributed by atoms with Gasteiger partial charge in [-0.15, -0.1) is 0 Å². The molecule has 154 valence electrons. The lowest BCUT2D eigenvalue weighted by atomic mass is 9.96. The summed E-state index contributed by atoms with van der Waals surface area (Å²) >= 11 is 0. The van der Waals surface area contributed by atoms with Crippen LogP contribution in [0.15, 0.2) is 51.9 Å². The average molecular weight is 404 g/mol. The Balaban J connectivity index is 1.33. The van der Waals surface area contributed by atoms with E-state index < -0.39 is 0 Å². The van der Waals surface area contributed by atoms with Crippen molar-refractivity contribution in [2.75, 3.05) is 13.2 Å². The number of hydrogen-bond donors (Lipinski definition) is 0. The molecule has 0 spiro atoms. The minimum Gasteiger partial charge on any atom is -0.484 e. The highest BCUT2D eigenvalue weighted by atomic mass is 16.5. The molecule has 1 fully saturated rings. The van der Waals surface area contributed by atoms with Crippen molar-refractivity contribution in [3.63, 3.8) is 0 Å². The molecule has 30 heavy (non-hydrogen) atoms. The molecule has 3 heterocycles. The van der Waals surface area contributed by atoms with Gasteiger partial charge in [0.25, 0.3) is 5.91 Å². The molecule has 6 nitrogen and oxygen atoms in total. The van der Waals surface area contributed by atoms with Gasteiger partial charge in [0.1, 0.15) is 11.3 Å². The molecule has 1 atom stereocenters. The molecular formula is C24H24N2O4. The topological polar surface area (TPSA) is 72.6 Å². The van der Waals surface area contributed by atoms with Crippen molar-refractivity contribution in [3.8, 4) is 5.75 Å². The largest absolute Gasteiger partial charge is 0.484 e. The van der Waals surface area contributed by atoms with Crippen LogP contribution in [-0.4, -0.2) is 28.9 Å². The lowest BCUT2D eigenvalue weighted by Crippen LogP contribution is -2.41. The van der Waals surface area contributed by atoms with E-state index >= 15 is 0 Å². The van der Waals surface area contributed by atoms with Gasteiger partial charge in [0.15, 0.2) is 6.61 Å². The number of carbonyl (C=O) groups is 1. The van der Waals surface area contributed by atoms with Gasteiger partial charge >= 0.3 is 5.63 Å². The van der Waals surface area contributed by atoms with Crippen molar-refractivity contribution < 1.29 is 13.9 Å². The summed E-state index contributed by atoms with van der Waals surface area (Å²) in [5.41, 5.74) is 3.23. The van der Waals surface area contributed by atoms with E-state index in [9.17, 15) is 9.59 Å². The SMILES string of the molecule is O=C(COc1ccc2c3c(c(=O)oc2c1)CCC3)N1CCCC[C@@H]1c1cccnc1. The van der Waals surface area contributed by atoms with Crippen LogP contribution in [0.5, 0.6) is 5.75 Å². The first-order chi connectivity index (χ1) is 14.7. The Bertz CT molecular complexity index is 1140. The summed E-state index contributed by atoms with van der Waals surface area (Å²) < 4.78 is 11.3. The standard InChI is InChI=1S/C24H24N2O4/c27-23(26-12-2-1-8-21(26)16-5-4-11-25-14-16)15-29-17-9-10-19-18-6-3-7-20(18)24(28)30-22(19)13-17/h4-5,9-11,13-14,21H,1-3,6-8,12,15H2/t21-/m1/s1. The van der Waals surface area contributed by atoms with Crippen molar-refractivity contribution in [1.29, 1.82) is 0 Å². The third-order valence-electron chi connectivity index (χ3n) is 6.20. The monoisotopic (exact) mass is 404 g/mol. The number of nitrogens with zero attached hydrogens (tertiary/aromatic N) is 2. The second kappa shape index (κ2) is 7.94. The molecule has 1 saturated heterocycles. The van der Waals surface area contributed by atoms with E-state index in [4.69, 9.17) is 9.15 Å². The van der Waals surface area contributed by atoms with Crippen LogP contribution in [0.1, 0.15) is 48.4 Å². The molecule has 0 unspecified atom stereocenters. The van der Waals surface area contributed by atoms with Crippen LogP contribution >= 0.6 is 0 Å². The van der Waals surface area contributed by atoms with Crippen LogP contribution < -0.4 is 10.4 Å². The van der Waals surface area contributed by atoms with Crippen LogP contribution in [0.3, 0.4) is 0 Å². The maximum atomic E-state index is 12.9. The van der Waals surface area contributed by atoms with E-state index in [1.165, 1.54) is 0 Å². The summed E-state index contributed by atoms with van der Waals surface area (Å²) in [6.45, 7) is 0.679. The van der Waals surface area contributed by atoms with Crippen molar-refractivity contribution in [3.05, 3.63) is 69.8 Å². The zero-order valence-electron chi connectivity index (χ0n) is 16.8. The molecule has 0 bridgehead atoms. The Hall–Kier alpha value is -3.15.